The topological polar surface area (TPSA) is 26.0 Å². The minimum absolute atomic E-state index is 0.773. The lowest BCUT2D eigenvalue weighted by atomic mass is 10.5. The normalized spacial score (nSPS) is 18.3. The smallest absolute Gasteiger partial charge is 0.0350 e. The highest BCUT2D eigenvalue weighted by Crippen LogP contribution is 1.98. The SMILES string of the molecule is NC1=[C]CC=C1. The van der Waals surface area contributed by atoms with E-state index in [0.717, 1.165) is 12.1 Å². The lowest BCUT2D eigenvalue weighted by Gasteiger charge is -1.74. The second kappa shape index (κ2) is 1.17. The molecule has 0 heterocycles. The van der Waals surface area contributed by atoms with Crippen LogP contribution < -0.4 is 5.73 Å². The minimum atomic E-state index is 0.773. The first-order valence-corrected chi connectivity index (χ1v) is 1.92. The predicted molar refractivity (Wildman–Crippen MR) is 24.7 cm³/mol. The summed E-state index contributed by atoms with van der Waals surface area (Å²) in [6, 6.07) is 0. The van der Waals surface area contributed by atoms with E-state index in [0.29, 0.717) is 0 Å². The Morgan fingerprint density at radius 3 is 2.83 bits per heavy atom. The summed E-state index contributed by atoms with van der Waals surface area (Å²) in [7, 11) is 0. The molecule has 0 aromatic heterocycles. The lowest BCUT2D eigenvalue weighted by molar-refractivity contribution is 1.34. The zero-order valence-corrected chi connectivity index (χ0v) is 3.44. The number of rotatable bonds is 0. The number of hydrogen-bond acceptors (Lipinski definition) is 1. The van der Waals surface area contributed by atoms with Crippen LogP contribution in [0, 0.1) is 6.08 Å². The van der Waals surface area contributed by atoms with Crippen LogP contribution in [0.15, 0.2) is 17.8 Å². The van der Waals surface area contributed by atoms with Crippen LogP contribution in [0.2, 0.25) is 0 Å². The Morgan fingerprint density at radius 2 is 2.67 bits per heavy atom. The van der Waals surface area contributed by atoms with Crippen molar-refractivity contribution in [2.24, 2.45) is 5.73 Å². The van der Waals surface area contributed by atoms with Crippen molar-refractivity contribution in [1.82, 2.24) is 0 Å². The Balaban J connectivity index is 2.68. The Morgan fingerprint density at radius 1 is 1.83 bits per heavy atom. The quantitative estimate of drug-likeness (QED) is 0.453. The summed E-state index contributed by atoms with van der Waals surface area (Å²) in [4.78, 5) is 0. The number of nitrogens with two attached hydrogens (primary N) is 1. The molecule has 0 atom stereocenters. The monoisotopic (exact) mass is 80.1 g/mol. The second-order valence-corrected chi connectivity index (χ2v) is 1.24. The molecule has 0 unspecified atom stereocenters. The third kappa shape index (κ3) is 0.432. The van der Waals surface area contributed by atoms with E-state index >= 15 is 0 Å². The summed E-state index contributed by atoms with van der Waals surface area (Å²) in [6.45, 7) is 0. The van der Waals surface area contributed by atoms with Gasteiger partial charge in [-0.3, -0.25) is 0 Å². The van der Waals surface area contributed by atoms with E-state index in [4.69, 9.17) is 5.73 Å². The van der Waals surface area contributed by atoms with E-state index in [9.17, 15) is 0 Å². The van der Waals surface area contributed by atoms with Gasteiger partial charge in [-0.05, 0) is 18.6 Å². The molecule has 0 aromatic carbocycles. The van der Waals surface area contributed by atoms with Gasteiger partial charge in [-0.15, -0.1) is 0 Å². The first-order chi connectivity index (χ1) is 2.89. The zero-order chi connectivity index (χ0) is 4.41. The van der Waals surface area contributed by atoms with E-state index < -0.39 is 0 Å². The van der Waals surface area contributed by atoms with E-state index in [1.807, 2.05) is 12.2 Å². The largest absolute Gasteiger partial charge is 0.398 e. The molecular formula is C5H6N. The van der Waals surface area contributed by atoms with Gasteiger partial charge in [-0.25, -0.2) is 0 Å². The molecule has 0 amide bonds. The predicted octanol–water partition coefficient (Wildman–Crippen LogP) is 0.592. The molecule has 0 bridgehead atoms. The van der Waals surface area contributed by atoms with E-state index in [1.54, 1.807) is 0 Å². The summed E-state index contributed by atoms with van der Waals surface area (Å²) in [6.07, 6.45) is 7.64. The van der Waals surface area contributed by atoms with Gasteiger partial charge in [0.2, 0.25) is 0 Å². The summed E-state index contributed by atoms with van der Waals surface area (Å²) in [5.74, 6) is 0. The molecule has 0 saturated carbocycles. The highest BCUT2D eigenvalue weighted by molar-refractivity contribution is 5.18. The average molecular weight is 80.1 g/mol. The van der Waals surface area contributed by atoms with Crippen molar-refractivity contribution < 1.29 is 0 Å². The second-order valence-electron chi connectivity index (χ2n) is 1.24. The van der Waals surface area contributed by atoms with E-state index in [2.05, 4.69) is 6.08 Å². The maximum absolute atomic E-state index is 5.25. The van der Waals surface area contributed by atoms with Crippen molar-refractivity contribution in [2.75, 3.05) is 0 Å². The van der Waals surface area contributed by atoms with Gasteiger partial charge in [0.25, 0.3) is 0 Å². The minimum Gasteiger partial charge on any atom is -0.398 e. The van der Waals surface area contributed by atoms with Crippen LogP contribution in [0.25, 0.3) is 0 Å². The van der Waals surface area contributed by atoms with Crippen molar-refractivity contribution >= 4 is 0 Å². The van der Waals surface area contributed by atoms with Crippen LogP contribution in [-0.4, -0.2) is 0 Å². The average Bonchev–Trinajstić information content (AvgIpc) is 1.86. The van der Waals surface area contributed by atoms with Crippen LogP contribution in [0.3, 0.4) is 0 Å². The zero-order valence-electron chi connectivity index (χ0n) is 3.44. The van der Waals surface area contributed by atoms with Crippen molar-refractivity contribution in [3.8, 4) is 0 Å². The molecule has 1 aliphatic carbocycles. The number of allylic oxidation sites excluding steroid dienone is 3. The highest BCUT2D eigenvalue weighted by atomic mass is 14.6. The Labute approximate surface area is 37.2 Å². The maximum atomic E-state index is 5.25. The molecule has 0 saturated heterocycles. The third-order valence-electron chi connectivity index (χ3n) is 0.721. The van der Waals surface area contributed by atoms with Crippen LogP contribution in [0.5, 0.6) is 0 Å². The summed E-state index contributed by atoms with van der Waals surface area (Å²) in [5.41, 5.74) is 6.03. The van der Waals surface area contributed by atoms with Gasteiger partial charge in [0, 0.05) is 5.70 Å². The van der Waals surface area contributed by atoms with Crippen LogP contribution >= 0.6 is 0 Å². The van der Waals surface area contributed by atoms with Crippen molar-refractivity contribution in [3.05, 3.63) is 23.9 Å². The van der Waals surface area contributed by atoms with Gasteiger partial charge in [0.05, 0.1) is 0 Å². The molecule has 6 heavy (non-hydrogen) atoms. The molecule has 0 fully saturated rings. The summed E-state index contributed by atoms with van der Waals surface area (Å²) >= 11 is 0. The molecule has 1 rings (SSSR count). The first-order valence-electron chi connectivity index (χ1n) is 1.92. The van der Waals surface area contributed by atoms with Crippen LogP contribution in [0.1, 0.15) is 6.42 Å². The van der Waals surface area contributed by atoms with Gasteiger partial charge in [0.15, 0.2) is 0 Å². The van der Waals surface area contributed by atoms with Gasteiger partial charge < -0.3 is 5.73 Å². The van der Waals surface area contributed by atoms with Crippen molar-refractivity contribution in [3.63, 3.8) is 0 Å². The van der Waals surface area contributed by atoms with Crippen LogP contribution in [-0.2, 0) is 0 Å². The highest BCUT2D eigenvalue weighted by Gasteiger charge is 1.86. The third-order valence-corrected chi connectivity index (χ3v) is 0.721. The van der Waals surface area contributed by atoms with E-state index in [1.165, 1.54) is 0 Å². The van der Waals surface area contributed by atoms with Crippen LogP contribution in [0.4, 0.5) is 0 Å². The molecule has 1 radical (unpaired) electrons. The Hall–Kier alpha value is -0.720. The molecule has 1 heteroatoms. The first kappa shape index (κ1) is 3.47. The van der Waals surface area contributed by atoms with Gasteiger partial charge in [0.1, 0.15) is 0 Å². The molecule has 0 aliphatic heterocycles. The fraction of sp³-hybridized carbons (Fsp3) is 0.200. The van der Waals surface area contributed by atoms with Gasteiger partial charge in [-0.2, -0.15) is 0 Å². The fourth-order valence-corrected chi connectivity index (χ4v) is 0.422. The van der Waals surface area contributed by atoms with Gasteiger partial charge in [-0.1, -0.05) is 6.08 Å². The molecule has 1 nitrogen and oxygen atoms in total. The summed E-state index contributed by atoms with van der Waals surface area (Å²) < 4.78 is 0. The number of hydrogen-bond donors (Lipinski definition) is 1. The van der Waals surface area contributed by atoms with Gasteiger partial charge >= 0.3 is 0 Å². The summed E-state index contributed by atoms with van der Waals surface area (Å²) in [5, 5.41) is 0. The Kier molecular flexibility index (Phi) is 0.675. The molecule has 0 aromatic rings. The maximum Gasteiger partial charge on any atom is 0.0350 e. The van der Waals surface area contributed by atoms with Crippen molar-refractivity contribution in [2.45, 2.75) is 6.42 Å². The molecule has 1 aliphatic rings. The lowest BCUT2D eigenvalue weighted by Crippen LogP contribution is -1.87. The molecule has 31 valence electrons. The van der Waals surface area contributed by atoms with E-state index in [-0.39, 0.29) is 0 Å². The van der Waals surface area contributed by atoms with Crippen molar-refractivity contribution in [1.29, 1.82) is 0 Å². The molecule has 2 N–H and O–H groups in total. The molecule has 0 spiro atoms. The molecular weight excluding hydrogens is 74.1 g/mol. The Bertz CT molecular complexity index is 97.8. The fourth-order valence-electron chi connectivity index (χ4n) is 0.422. The standard InChI is InChI=1S/C5H6N/c6-5-3-1-2-4-5/h1,3H,2,6H2.